The van der Waals surface area contributed by atoms with Crippen molar-refractivity contribution in [1.82, 2.24) is 15.1 Å². The SMILES string of the molecule is CCc1ccc(C(=O)N2CCC(N3C(=O)CCC3C(=O)NCc3ccccc3)CC2)cc1. The van der Waals surface area contributed by atoms with Crippen molar-refractivity contribution in [1.29, 1.82) is 0 Å². The Morgan fingerprint density at radius 3 is 2.28 bits per heavy atom. The van der Waals surface area contributed by atoms with Gasteiger partial charge in [-0.05, 0) is 48.9 Å². The Kier molecular flexibility index (Phi) is 6.88. The van der Waals surface area contributed by atoms with Crippen molar-refractivity contribution < 1.29 is 14.4 Å². The van der Waals surface area contributed by atoms with Crippen molar-refractivity contribution in [3.05, 3.63) is 71.3 Å². The maximum atomic E-state index is 12.9. The van der Waals surface area contributed by atoms with E-state index in [2.05, 4.69) is 12.2 Å². The number of rotatable bonds is 6. The number of nitrogens with one attached hydrogen (secondary N) is 1. The van der Waals surface area contributed by atoms with Crippen LogP contribution in [0, 0.1) is 0 Å². The van der Waals surface area contributed by atoms with E-state index in [9.17, 15) is 14.4 Å². The highest BCUT2D eigenvalue weighted by Gasteiger charge is 2.41. The highest BCUT2D eigenvalue weighted by Crippen LogP contribution is 2.28. The third kappa shape index (κ3) is 4.85. The highest BCUT2D eigenvalue weighted by molar-refractivity contribution is 5.94. The summed E-state index contributed by atoms with van der Waals surface area (Å²) in [6.45, 7) is 3.75. The van der Waals surface area contributed by atoms with Crippen LogP contribution in [0.4, 0.5) is 0 Å². The van der Waals surface area contributed by atoms with Crippen molar-refractivity contribution in [3.8, 4) is 0 Å². The molecule has 0 bridgehead atoms. The molecule has 1 N–H and O–H groups in total. The van der Waals surface area contributed by atoms with Gasteiger partial charge in [0, 0.05) is 37.7 Å². The minimum absolute atomic E-state index is 0.00370. The number of benzene rings is 2. The largest absolute Gasteiger partial charge is 0.350 e. The van der Waals surface area contributed by atoms with E-state index in [0.717, 1.165) is 12.0 Å². The van der Waals surface area contributed by atoms with Gasteiger partial charge in [0.05, 0.1) is 0 Å². The topological polar surface area (TPSA) is 69.7 Å². The van der Waals surface area contributed by atoms with E-state index in [1.807, 2.05) is 59.5 Å². The van der Waals surface area contributed by atoms with Crippen LogP contribution >= 0.6 is 0 Å². The molecule has 2 aromatic rings. The Bertz CT molecular complexity index is 950. The van der Waals surface area contributed by atoms with E-state index in [-0.39, 0.29) is 23.8 Å². The summed E-state index contributed by atoms with van der Waals surface area (Å²) in [7, 11) is 0. The Morgan fingerprint density at radius 2 is 1.62 bits per heavy atom. The van der Waals surface area contributed by atoms with E-state index >= 15 is 0 Å². The Labute approximate surface area is 189 Å². The lowest BCUT2D eigenvalue weighted by Crippen LogP contribution is -2.53. The molecule has 1 unspecified atom stereocenters. The molecular weight excluding hydrogens is 402 g/mol. The van der Waals surface area contributed by atoms with Gasteiger partial charge in [-0.2, -0.15) is 0 Å². The smallest absolute Gasteiger partial charge is 0.253 e. The van der Waals surface area contributed by atoms with Gasteiger partial charge in [-0.1, -0.05) is 49.4 Å². The number of aryl methyl sites for hydroxylation is 1. The molecule has 2 aliphatic heterocycles. The van der Waals surface area contributed by atoms with Crippen LogP contribution in [-0.4, -0.2) is 52.7 Å². The highest BCUT2D eigenvalue weighted by atomic mass is 16.2. The van der Waals surface area contributed by atoms with E-state index < -0.39 is 6.04 Å². The van der Waals surface area contributed by atoms with Gasteiger partial charge in [0.15, 0.2) is 0 Å². The first-order valence-electron chi connectivity index (χ1n) is 11.6. The zero-order chi connectivity index (χ0) is 22.5. The first kappa shape index (κ1) is 22.1. The average molecular weight is 434 g/mol. The lowest BCUT2D eigenvalue weighted by Gasteiger charge is -2.39. The second-order valence-corrected chi connectivity index (χ2v) is 8.63. The molecule has 0 radical (unpaired) electrons. The summed E-state index contributed by atoms with van der Waals surface area (Å²) in [6, 6.07) is 17.2. The molecule has 0 aliphatic carbocycles. The molecule has 2 fully saturated rings. The van der Waals surface area contributed by atoms with E-state index in [1.165, 1.54) is 5.56 Å². The standard InChI is InChI=1S/C26H31N3O3/c1-2-19-8-10-21(11-9-19)26(32)28-16-14-22(15-17-28)29-23(12-13-24(29)30)25(31)27-18-20-6-4-3-5-7-20/h3-11,22-23H,2,12-18H2,1H3,(H,27,31). The fourth-order valence-corrected chi connectivity index (χ4v) is 4.73. The van der Waals surface area contributed by atoms with Gasteiger partial charge in [0.2, 0.25) is 11.8 Å². The fourth-order valence-electron chi connectivity index (χ4n) is 4.73. The molecule has 6 nitrogen and oxygen atoms in total. The second-order valence-electron chi connectivity index (χ2n) is 8.63. The first-order valence-corrected chi connectivity index (χ1v) is 11.6. The average Bonchev–Trinajstić information content (AvgIpc) is 3.24. The first-order chi connectivity index (χ1) is 15.6. The van der Waals surface area contributed by atoms with Crippen molar-refractivity contribution in [2.45, 2.75) is 57.7 Å². The van der Waals surface area contributed by atoms with Gasteiger partial charge in [0.25, 0.3) is 5.91 Å². The summed E-state index contributed by atoms with van der Waals surface area (Å²) in [6.07, 6.45) is 3.32. The molecular formula is C26H31N3O3. The Balaban J connectivity index is 1.34. The number of nitrogens with zero attached hydrogens (tertiary/aromatic N) is 2. The van der Waals surface area contributed by atoms with Gasteiger partial charge in [-0.3, -0.25) is 14.4 Å². The maximum Gasteiger partial charge on any atom is 0.253 e. The lowest BCUT2D eigenvalue weighted by molar-refractivity contribution is -0.138. The van der Waals surface area contributed by atoms with Crippen LogP contribution in [0.1, 0.15) is 54.1 Å². The third-order valence-electron chi connectivity index (χ3n) is 6.62. The quantitative estimate of drug-likeness (QED) is 0.761. The fraction of sp³-hybridized carbons (Fsp3) is 0.423. The number of likely N-dealkylation sites (tertiary alicyclic amines) is 2. The van der Waals surface area contributed by atoms with Crippen LogP contribution in [0.3, 0.4) is 0 Å². The van der Waals surface area contributed by atoms with Crippen LogP contribution in [0.15, 0.2) is 54.6 Å². The molecule has 6 heteroatoms. The summed E-state index contributed by atoms with van der Waals surface area (Å²) in [5, 5.41) is 2.99. The molecule has 0 aromatic heterocycles. The second kappa shape index (κ2) is 9.98. The maximum absolute atomic E-state index is 12.9. The van der Waals surface area contributed by atoms with E-state index in [0.29, 0.717) is 50.9 Å². The lowest BCUT2D eigenvalue weighted by atomic mass is 10.0. The van der Waals surface area contributed by atoms with Crippen LogP contribution in [-0.2, 0) is 22.6 Å². The summed E-state index contributed by atoms with van der Waals surface area (Å²) in [4.78, 5) is 42.0. The molecule has 1 atom stereocenters. The number of carbonyl (C=O) groups is 3. The molecule has 2 aromatic carbocycles. The normalized spacial score (nSPS) is 19.3. The number of carbonyl (C=O) groups excluding carboxylic acids is 3. The van der Waals surface area contributed by atoms with Gasteiger partial charge < -0.3 is 15.1 Å². The zero-order valence-corrected chi connectivity index (χ0v) is 18.6. The molecule has 2 heterocycles. The van der Waals surface area contributed by atoms with E-state index in [4.69, 9.17) is 0 Å². The van der Waals surface area contributed by atoms with Crippen LogP contribution in [0.2, 0.25) is 0 Å². The minimum atomic E-state index is -0.417. The van der Waals surface area contributed by atoms with E-state index in [1.54, 1.807) is 4.90 Å². The molecule has 0 saturated carbocycles. The van der Waals surface area contributed by atoms with Gasteiger partial charge in [-0.25, -0.2) is 0 Å². The number of hydrogen-bond acceptors (Lipinski definition) is 3. The predicted molar refractivity (Wildman–Crippen MR) is 123 cm³/mol. The zero-order valence-electron chi connectivity index (χ0n) is 18.6. The summed E-state index contributed by atoms with van der Waals surface area (Å²) < 4.78 is 0. The number of piperidine rings is 1. The van der Waals surface area contributed by atoms with Gasteiger partial charge in [0.1, 0.15) is 6.04 Å². The number of amides is 3. The summed E-state index contributed by atoms with van der Waals surface area (Å²) >= 11 is 0. The molecule has 168 valence electrons. The van der Waals surface area contributed by atoms with Crippen molar-refractivity contribution >= 4 is 17.7 Å². The predicted octanol–water partition coefficient (Wildman–Crippen LogP) is 3.16. The van der Waals surface area contributed by atoms with Crippen molar-refractivity contribution in [2.24, 2.45) is 0 Å². The third-order valence-corrected chi connectivity index (χ3v) is 6.62. The van der Waals surface area contributed by atoms with Gasteiger partial charge >= 0.3 is 0 Å². The molecule has 32 heavy (non-hydrogen) atoms. The van der Waals surface area contributed by atoms with Crippen LogP contribution < -0.4 is 5.32 Å². The molecule has 3 amide bonds. The molecule has 0 spiro atoms. The molecule has 4 rings (SSSR count). The Hall–Kier alpha value is -3.15. The number of hydrogen-bond donors (Lipinski definition) is 1. The van der Waals surface area contributed by atoms with Crippen LogP contribution in [0.25, 0.3) is 0 Å². The monoisotopic (exact) mass is 433 g/mol. The molecule has 2 saturated heterocycles. The van der Waals surface area contributed by atoms with Crippen molar-refractivity contribution in [2.75, 3.05) is 13.1 Å². The minimum Gasteiger partial charge on any atom is -0.350 e. The summed E-state index contributed by atoms with van der Waals surface area (Å²) in [5.41, 5.74) is 2.95. The summed E-state index contributed by atoms with van der Waals surface area (Å²) in [5.74, 6) is -0.00461. The van der Waals surface area contributed by atoms with Gasteiger partial charge in [-0.15, -0.1) is 0 Å². The molecule has 2 aliphatic rings. The Morgan fingerprint density at radius 1 is 0.938 bits per heavy atom. The van der Waals surface area contributed by atoms with Crippen LogP contribution in [0.5, 0.6) is 0 Å². The van der Waals surface area contributed by atoms with Crippen molar-refractivity contribution in [3.63, 3.8) is 0 Å².